The van der Waals surface area contributed by atoms with Crippen LogP contribution in [0.25, 0.3) is 22.4 Å². The summed E-state index contributed by atoms with van der Waals surface area (Å²) in [5.41, 5.74) is 1.93. The molecule has 0 aliphatic heterocycles. The maximum Gasteiger partial charge on any atom is 0.313 e. The van der Waals surface area contributed by atoms with E-state index in [-0.39, 0.29) is 5.89 Å². The summed E-state index contributed by atoms with van der Waals surface area (Å²) < 4.78 is 31.7. The quantitative estimate of drug-likeness (QED) is 0.587. The summed E-state index contributed by atoms with van der Waals surface area (Å²) in [6.07, 6.45) is 0. The maximum atomic E-state index is 13.3. The number of carbonyl (C=O) groups excluding carboxylic acids is 1. The first-order valence-electron chi connectivity index (χ1n) is 7.18. The molecule has 4 aromatic rings. The number of carbonyl (C=O) groups is 1. The summed E-state index contributed by atoms with van der Waals surface area (Å²) in [7, 11) is 0. The minimum absolute atomic E-state index is 0.0780. The Morgan fingerprint density at radius 1 is 1.08 bits per heavy atom. The third-order valence-corrected chi connectivity index (χ3v) is 4.19. The zero-order valence-corrected chi connectivity index (χ0v) is 13.3. The van der Waals surface area contributed by atoms with Crippen molar-refractivity contribution in [2.75, 3.05) is 5.32 Å². The Bertz CT molecular complexity index is 1060. The van der Waals surface area contributed by atoms with Crippen LogP contribution in [0.1, 0.15) is 10.7 Å². The van der Waals surface area contributed by atoms with Crippen LogP contribution in [0.3, 0.4) is 0 Å². The van der Waals surface area contributed by atoms with Crippen LogP contribution in [0, 0.1) is 11.6 Å². The number of para-hydroxylation sites is 2. The van der Waals surface area contributed by atoms with Gasteiger partial charge in [-0.25, -0.2) is 18.7 Å². The molecule has 0 atom stereocenters. The molecule has 124 valence electrons. The van der Waals surface area contributed by atoms with E-state index in [1.807, 2.05) is 0 Å². The molecule has 0 radical (unpaired) electrons. The van der Waals surface area contributed by atoms with Crippen LogP contribution in [0.4, 0.5) is 13.9 Å². The van der Waals surface area contributed by atoms with E-state index in [0.29, 0.717) is 27.5 Å². The van der Waals surface area contributed by atoms with Gasteiger partial charge in [-0.15, -0.1) is 11.3 Å². The van der Waals surface area contributed by atoms with Crippen molar-refractivity contribution in [3.8, 4) is 11.3 Å². The van der Waals surface area contributed by atoms with Gasteiger partial charge in [0.05, 0.1) is 5.69 Å². The van der Waals surface area contributed by atoms with Gasteiger partial charge in [0, 0.05) is 10.9 Å². The summed E-state index contributed by atoms with van der Waals surface area (Å²) >= 11 is 1.16. The van der Waals surface area contributed by atoms with Crippen molar-refractivity contribution < 1.29 is 18.0 Å². The number of thiazole rings is 1. The molecule has 4 rings (SSSR count). The standard InChI is InChI=1S/C17H9F2N3O2S/c18-10-6-5-9(7-11(10)19)13-8-25-17(21-13)22-15(23)16-20-12-3-1-2-4-14(12)24-16/h1-8H,(H,21,22,23). The van der Waals surface area contributed by atoms with Gasteiger partial charge >= 0.3 is 5.91 Å². The number of hydrogen-bond acceptors (Lipinski definition) is 5. The predicted octanol–water partition coefficient (Wildman–Crippen LogP) is 4.48. The topological polar surface area (TPSA) is 68.0 Å². The highest BCUT2D eigenvalue weighted by atomic mass is 32.1. The molecule has 0 saturated carbocycles. The van der Waals surface area contributed by atoms with E-state index < -0.39 is 17.5 Å². The van der Waals surface area contributed by atoms with Crippen LogP contribution in [0.2, 0.25) is 0 Å². The van der Waals surface area contributed by atoms with Crippen LogP contribution < -0.4 is 5.32 Å². The van der Waals surface area contributed by atoms with Crippen molar-refractivity contribution in [3.05, 3.63) is 65.4 Å². The second-order valence-electron chi connectivity index (χ2n) is 5.11. The summed E-state index contributed by atoms with van der Waals surface area (Å²) in [5, 5.41) is 4.51. The molecule has 2 aromatic carbocycles. The van der Waals surface area contributed by atoms with Gasteiger partial charge in [-0.05, 0) is 30.3 Å². The molecule has 0 spiro atoms. The number of halogens is 2. The number of oxazole rings is 1. The zero-order chi connectivity index (χ0) is 17.4. The lowest BCUT2D eigenvalue weighted by Gasteiger charge is -1.98. The zero-order valence-electron chi connectivity index (χ0n) is 12.5. The summed E-state index contributed by atoms with van der Waals surface area (Å²) in [6, 6.07) is 10.5. The molecule has 5 nitrogen and oxygen atoms in total. The number of amides is 1. The lowest BCUT2D eigenvalue weighted by atomic mass is 10.2. The summed E-state index contributed by atoms with van der Waals surface area (Å²) in [4.78, 5) is 20.5. The highest BCUT2D eigenvalue weighted by Gasteiger charge is 2.16. The molecule has 2 aromatic heterocycles. The van der Waals surface area contributed by atoms with Gasteiger partial charge in [0.15, 0.2) is 22.3 Å². The van der Waals surface area contributed by atoms with E-state index in [4.69, 9.17) is 4.42 Å². The van der Waals surface area contributed by atoms with Gasteiger partial charge < -0.3 is 4.42 Å². The van der Waals surface area contributed by atoms with Crippen LogP contribution in [-0.2, 0) is 0 Å². The molecule has 0 aliphatic carbocycles. The monoisotopic (exact) mass is 357 g/mol. The fourth-order valence-corrected chi connectivity index (χ4v) is 2.95. The molecule has 0 fully saturated rings. The lowest BCUT2D eigenvalue weighted by molar-refractivity contribution is 0.0992. The van der Waals surface area contributed by atoms with E-state index in [0.717, 1.165) is 23.5 Å². The molecule has 0 aliphatic rings. The summed E-state index contributed by atoms with van der Waals surface area (Å²) in [6.45, 7) is 0. The highest BCUT2D eigenvalue weighted by molar-refractivity contribution is 7.14. The SMILES string of the molecule is O=C(Nc1nc(-c2ccc(F)c(F)c2)cs1)c1nc2ccccc2o1. The second-order valence-corrected chi connectivity index (χ2v) is 5.97. The van der Waals surface area contributed by atoms with E-state index in [1.54, 1.807) is 29.6 Å². The number of hydrogen-bond donors (Lipinski definition) is 1. The van der Waals surface area contributed by atoms with Crippen molar-refractivity contribution in [3.63, 3.8) is 0 Å². The first-order chi connectivity index (χ1) is 12.1. The average molecular weight is 357 g/mol. The number of aromatic nitrogens is 2. The molecule has 1 amide bonds. The van der Waals surface area contributed by atoms with Gasteiger partial charge in [0.1, 0.15) is 5.52 Å². The minimum Gasteiger partial charge on any atom is -0.432 e. The van der Waals surface area contributed by atoms with E-state index in [1.165, 1.54) is 6.07 Å². The molecule has 1 N–H and O–H groups in total. The van der Waals surface area contributed by atoms with Crippen LogP contribution >= 0.6 is 11.3 Å². The first-order valence-corrected chi connectivity index (χ1v) is 8.06. The van der Waals surface area contributed by atoms with Crippen molar-refractivity contribution in [1.82, 2.24) is 9.97 Å². The van der Waals surface area contributed by atoms with Gasteiger partial charge in [-0.2, -0.15) is 0 Å². The predicted molar refractivity (Wildman–Crippen MR) is 89.4 cm³/mol. The fourth-order valence-electron chi connectivity index (χ4n) is 2.24. The van der Waals surface area contributed by atoms with Crippen molar-refractivity contribution in [2.45, 2.75) is 0 Å². The van der Waals surface area contributed by atoms with Gasteiger partial charge in [0.2, 0.25) is 0 Å². The Hall–Kier alpha value is -3.13. The molecule has 0 bridgehead atoms. The number of benzene rings is 2. The number of anilines is 1. The fraction of sp³-hybridized carbons (Fsp3) is 0. The largest absolute Gasteiger partial charge is 0.432 e. The van der Waals surface area contributed by atoms with Gasteiger partial charge in [-0.3, -0.25) is 10.1 Å². The number of nitrogens with one attached hydrogen (secondary N) is 1. The molecule has 0 saturated heterocycles. The number of fused-ring (bicyclic) bond motifs is 1. The molecular weight excluding hydrogens is 348 g/mol. The highest BCUT2D eigenvalue weighted by Crippen LogP contribution is 2.26. The Kier molecular flexibility index (Phi) is 3.73. The molecule has 2 heterocycles. The molecular formula is C17H9F2N3O2S. The van der Waals surface area contributed by atoms with E-state index in [9.17, 15) is 13.6 Å². The summed E-state index contributed by atoms with van der Waals surface area (Å²) in [5.74, 6) is -2.50. The maximum absolute atomic E-state index is 13.3. The Morgan fingerprint density at radius 3 is 2.72 bits per heavy atom. The third-order valence-electron chi connectivity index (χ3n) is 3.43. The van der Waals surface area contributed by atoms with Crippen molar-refractivity contribution in [2.24, 2.45) is 0 Å². The van der Waals surface area contributed by atoms with Gasteiger partial charge in [-0.1, -0.05) is 12.1 Å². The Labute approximate surface area is 144 Å². The second kappa shape index (κ2) is 6.06. The lowest BCUT2D eigenvalue weighted by Crippen LogP contribution is -2.11. The molecule has 0 unspecified atom stereocenters. The van der Waals surface area contributed by atoms with E-state index in [2.05, 4.69) is 15.3 Å². The Morgan fingerprint density at radius 2 is 1.92 bits per heavy atom. The van der Waals surface area contributed by atoms with Crippen LogP contribution in [0.15, 0.2) is 52.3 Å². The minimum atomic E-state index is -0.956. The third kappa shape index (κ3) is 2.99. The van der Waals surface area contributed by atoms with Gasteiger partial charge in [0.25, 0.3) is 5.89 Å². The van der Waals surface area contributed by atoms with Crippen LogP contribution in [0.5, 0.6) is 0 Å². The Balaban J connectivity index is 1.56. The van der Waals surface area contributed by atoms with E-state index >= 15 is 0 Å². The smallest absolute Gasteiger partial charge is 0.313 e. The first kappa shape index (κ1) is 15.4. The van der Waals surface area contributed by atoms with Crippen LogP contribution in [-0.4, -0.2) is 15.9 Å². The number of nitrogens with zero attached hydrogens (tertiary/aromatic N) is 2. The van der Waals surface area contributed by atoms with Crippen molar-refractivity contribution >= 4 is 33.5 Å². The molecule has 25 heavy (non-hydrogen) atoms. The number of rotatable bonds is 3. The van der Waals surface area contributed by atoms with Crippen molar-refractivity contribution in [1.29, 1.82) is 0 Å². The molecule has 8 heteroatoms. The average Bonchev–Trinajstić information content (AvgIpc) is 3.24. The normalized spacial score (nSPS) is 11.0.